The van der Waals surface area contributed by atoms with Crippen molar-refractivity contribution in [3.05, 3.63) is 28.2 Å². The number of hydrogen-bond donors (Lipinski definition) is 0. The van der Waals surface area contributed by atoms with Gasteiger partial charge in [-0.25, -0.2) is 5.06 Å². The lowest BCUT2D eigenvalue weighted by Crippen LogP contribution is -2.24. The predicted molar refractivity (Wildman–Crippen MR) is 63.7 cm³/mol. The summed E-state index contributed by atoms with van der Waals surface area (Å²) in [6, 6.07) is 3.42. The molecule has 0 aliphatic rings. The maximum absolute atomic E-state index is 11.8. The monoisotopic (exact) mass is 256 g/mol. The third-order valence-corrected chi connectivity index (χ3v) is 3.71. The second-order valence-corrected chi connectivity index (χ2v) is 4.56. The lowest BCUT2D eigenvalue weighted by atomic mass is 10.3. The van der Waals surface area contributed by atoms with Crippen molar-refractivity contribution >= 4 is 39.1 Å². The number of pyridine rings is 1. The Labute approximate surface area is 101 Å². The Morgan fingerprint density at radius 3 is 3.00 bits per heavy atom. The fraction of sp³-hybridized carbons (Fsp3) is 0.200. The van der Waals surface area contributed by atoms with E-state index in [2.05, 4.69) is 4.98 Å². The normalized spacial score (nSPS) is 10.7. The first-order valence-electron chi connectivity index (χ1n) is 4.49. The summed E-state index contributed by atoms with van der Waals surface area (Å²) in [5, 5.41) is 1.77. The van der Waals surface area contributed by atoms with Crippen molar-refractivity contribution < 1.29 is 9.63 Å². The van der Waals surface area contributed by atoms with E-state index in [1.807, 2.05) is 0 Å². The Morgan fingerprint density at radius 1 is 1.62 bits per heavy atom. The summed E-state index contributed by atoms with van der Waals surface area (Å²) in [7, 11) is 3.00. The van der Waals surface area contributed by atoms with Crippen LogP contribution in [0.4, 0.5) is 0 Å². The lowest BCUT2D eigenvalue weighted by molar-refractivity contribution is -0.0753. The highest BCUT2D eigenvalue weighted by Gasteiger charge is 2.16. The molecular formula is C10H9ClN2O2S. The molecule has 0 fully saturated rings. The van der Waals surface area contributed by atoms with Gasteiger partial charge in [0.2, 0.25) is 0 Å². The van der Waals surface area contributed by atoms with Crippen molar-refractivity contribution in [1.82, 2.24) is 10.0 Å². The minimum atomic E-state index is -0.207. The fourth-order valence-corrected chi connectivity index (χ4v) is 2.51. The molecular weight excluding hydrogens is 248 g/mol. The first kappa shape index (κ1) is 11.3. The number of rotatable bonds is 2. The molecule has 0 radical (unpaired) electrons. The molecule has 6 heteroatoms. The predicted octanol–water partition coefficient (Wildman–Crippen LogP) is 2.58. The maximum atomic E-state index is 11.8. The van der Waals surface area contributed by atoms with Crippen molar-refractivity contribution in [1.29, 1.82) is 0 Å². The number of fused-ring (bicyclic) bond motifs is 1. The maximum Gasteiger partial charge on any atom is 0.287 e. The van der Waals surface area contributed by atoms with Crippen molar-refractivity contribution in [2.24, 2.45) is 0 Å². The van der Waals surface area contributed by atoms with Crippen molar-refractivity contribution in [3.63, 3.8) is 0 Å². The number of thiophene rings is 1. The summed E-state index contributed by atoms with van der Waals surface area (Å²) in [5.41, 5.74) is 0.727. The molecule has 4 nitrogen and oxygen atoms in total. The van der Waals surface area contributed by atoms with E-state index in [0.717, 1.165) is 10.2 Å². The minimum absolute atomic E-state index is 0.207. The van der Waals surface area contributed by atoms with Crippen molar-refractivity contribution in [2.75, 3.05) is 14.2 Å². The summed E-state index contributed by atoms with van der Waals surface area (Å²) in [5.74, 6) is -0.207. The standard InChI is InChI=1S/C10H9ClN2O2S/c1-13(15-2)10(14)8-5-7-9(16-8)6(11)3-4-12-7/h3-5H,1-2H3. The van der Waals surface area contributed by atoms with Crippen LogP contribution in [0.25, 0.3) is 10.2 Å². The number of nitrogens with zero attached hydrogens (tertiary/aromatic N) is 2. The molecule has 0 unspecified atom stereocenters. The second-order valence-electron chi connectivity index (χ2n) is 3.10. The van der Waals surface area contributed by atoms with E-state index in [1.54, 1.807) is 25.4 Å². The van der Waals surface area contributed by atoms with E-state index in [4.69, 9.17) is 16.4 Å². The van der Waals surface area contributed by atoms with Gasteiger partial charge in [0.1, 0.15) is 0 Å². The van der Waals surface area contributed by atoms with Crippen LogP contribution in [0.1, 0.15) is 9.67 Å². The molecule has 2 aromatic heterocycles. The molecule has 0 saturated heterocycles. The molecule has 1 amide bonds. The number of aromatic nitrogens is 1. The zero-order valence-electron chi connectivity index (χ0n) is 8.73. The van der Waals surface area contributed by atoms with E-state index in [-0.39, 0.29) is 5.91 Å². The molecule has 0 aliphatic carbocycles. The van der Waals surface area contributed by atoms with Gasteiger partial charge in [-0.2, -0.15) is 0 Å². The van der Waals surface area contributed by atoms with Crippen molar-refractivity contribution in [3.8, 4) is 0 Å². The fourth-order valence-electron chi connectivity index (χ4n) is 1.25. The first-order chi connectivity index (χ1) is 7.63. The van der Waals surface area contributed by atoms with Gasteiger partial charge in [-0.1, -0.05) is 11.6 Å². The van der Waals surface area contributed by atoms with Gasteiger partial charge in [-0.15, -0.1) is 11.3 Å². The van der Waals surface area contributed by atoms with Crippen molar-refractivity contribution in [2.45, 2.75) is 0 Å². The van der Waals surface area contributed by atoms with Gasteiger partial charge in [-0.05, 0) is 12.1 Å². The zero-order valence-corrected chi connectivity index (χ0v) is 10.3. The van der Waals surface area contributed by atoms with Gasteiger partial charge in [0.05, 0.1) is 27.2 Å². The van der Waals surface area contributed by atoms with Crippen LogP contribution >= 0.6 is 22.9 Å². The lowest BCUT2D eigenvalue weighted by Gasteiger charge is -2.11. The second kappa shape index (κ2) is 4.37. The van der Waals surface area contributed by atoms with Crippen LogP contribution in [0.15, 0.2) is 18.3 Å². The number of carbonyl (C=O) groups excluding carboxylic acids is 1. The molecule has 0 saturated carbocycles. The molecule has 0 aromatic carbocycles. The highest BCUT2D eigenvalue weighted by molar-refractivity contribution is 7.21. The SMILES string of the molecule is CON(C)C(=O)c1cc2nccc(Cl)c2s1. The average Bonchev–Trinajstić information content (AvgIpc) is 2.72. The molecule has 0 atom stereocenters. The van der Waals surface area contributed by atoms with Gasteiger partial charge in [-0.3, -0.25) is 14.6 Å². The van der Waals surface area contributed by atoms with Crippen LogP contribution in [0.5, 0.6) is 0 Å². The first-order valence-corrected chi connectivity index (χ1v) is 5.69. The van der Waals surface area contributed by atoms with Crippen LogP contribution in [0, 0.1) is 0 Å². The molecule has 2 rings (SSSR count). The summed E-state index contributed by atoms with van der Waals surface area (Å²) in [6.45, 7) is 0. The number of hydrogen-bond acceptors (Lipinski definition) is 4. The molecule has 0 spiro atoms. The van der Waals surface area contributed by atoms with Gasteiger partial charge in [0.25, 0.3) is 5.91 Å². The minimum Gasteiger partial charge on any atom is -0.274 e. The Kier molecular flexibility index (Phi) is 3.09. The van der Waals surface area contributed by atoms with E-state index in [1.165, 1.54) is 23.5 Å². The largest absolute Gasteiger partial charge is 0.287 e. The smallest absolute Gasteiger partial charge is 0.274 e. The molecule has 0 N–H and O–H groups in total. The molecule has 0 bridgehead atoms. The Balaban J connectivity index is 2.48. The van der Waals surface area contributed by atoms with Crippen LogP contribution < -0.4 is 0 Å². The van der Waals surface area contributed by atoms with E-state index < -0.39 is 0 Å². The van der Waals surface area contributed by atoms with E-state index in [9.17, 15) is 4.79 Å². The Bertz CT molecular complexity index is 541. The molecule has 0 aliphatic heterocycles. The van der Waals surface area contributed by atoms with Crippen LogP contribution in [-0.4, -0.2) is 30.1 Å². The van der Waals surface area contributed by atoms with Gasteiger partial charge < -0.3 is 0 Å². The van der Waals surface area contributed by atoms with E-state index in [0.29, 0.717) is 9.90 Å². The quantitative estimate of drug-likeness (QED) is 0.776. The highest BCUT2D eigenvalue weighted by atomic mass is 35.5. The van der Waals surface area contributed by atoms with Crippen LogP contribution in [0.3, 0.4) is 0 Å². The third kappa shape index (κ3) is 1.89. The Hall–Kier alpha value is -1.17. The molecule has 2 aromatic rings. The van der Waals surface area contributed by atoms with Gasteiger partial charge in [0.15, 0.2) is 0 Å². The van der Waals surface area contributed by atoms with Gasteiger partial charge in [0, 0.05) is 13.2 Å². The Morgan fingerprint density at radius 2 is 2.38 bits per heavy atom. The van der Waals surface area contributed by atoms with Gasteiger partial charge >= 0.3 is 0 Å². The summed E-state index contributed by atoms with van der Waals surface area (Å²) < 4.78 is 0.817. The van der Waals surface area contributed by atoms with Crippen LogP contribution in [0.2, 0.25) is 5.02 Å². The summed E-state index contributed by atoms with van der Waals surface area (Å²) in [4.78, 5) is 21.3. The number of halogens is 1. The number of hydroxylamine groups is 2. The molecule has 16 heavy (non-hydrogen) atoms. The number of carbonyl (C=O) groups is 1. The summed E-state index contributed by atoms with van der Waals surface area (Å²) >= 11 is 7.31. The topological polar surface area (TPSA) is 42.4 Å². The van der Waals surface area contributed by atoms with Crippen LogP contribution in [-0.2, 0) is 4.84 Å². The molecule has 84 valence electrons. The third-order valence-electron chi connectivity index (χ3n) is 2.13. The van der Waals surface area contributed by atoms with E-state index >= 15 is 0 Å². The zero-order chi connectivity index (χ0) is 11.7. The molecule has 2 heterocycles. The average molecular weight is 257 g/mol. The number of amides is 1. The summed E-state index contributed by atoms with van der Waals surface area (Å²) in [6.07, 6.45) is 1.62. The highest BCUT2D eigenvalue weighted by Crippen LogP contribution is 2.30.